The molecule has 0 bridgehead atoms. The van der Waals surface area contributed by atoms with Crippen molar-refractivity contribution in [1.29, 1.82) is 0 Å². The summed E-state index contributed by atoms with van der Waals surface area (Å²) in [7, 11) is 0. The third-order valence-corrected chi connectivity index (χ3v) is 3.07. The highest BCUT2D eigenvalue weighted by molar-refractivity contribution is 6.02. The van der Waals surface area contributed by atoms with Crippen molar-refractivity contribution in [2.45, 2.75) is 40.5 Å². The lowest BCUT2D eigenvalue weighted by Gasteiger charge is -2.25. The number of hydrogen-bond donors (Lipinski definition) is 0. The minimum Gasteiger partial charge on any atom is -0.299 e. The average Bonchev–Trinajstić information content (AvgIpc) is 2.29. The Balaban J connectivity index is 2.71. The van der Waals surface area contributed by atoms with Crippen molar-refractivity contribution in [2.75, 3.05) is 0 Å². The number of hydrogen-bond acceptors (Lipinski definition) is 2. The number of Topliss-reactive ketones (excluding diaryl/α,β-unsaturated/α-hetero) is 2. The van der Waals surface area contributed by atoms with Gasteiger partial charge < -0.3 is 0 Å². The molecule has 1 aliphatic carbocycles. The summed E-state index contributed by atoms with van der Waals surface area (Å²) in [5.74, 6) is 0.266. The first kappa shape index (κ1) is 10.4. The van der Waals surface area contributed by atoms with Crippen LogP contribution >= 0.6 is 0 Å². The van der Waals surface area contributed by atoms with Gasteiger partial charge in [-0.25, -0.2) is 0 Å². The van der Waals surface area contributed by atoms with Crippen LogP contribution in [0.3, 0.4) is 0 Å². The van der Waals surface area contributed by atoms with Crippen molar-refractivity contribution in [3.63, 3.8) is 0 Å². The minimum absolute atomic E-state index is 0.0387. The number of carbonyl (C=O) groups excluding carboxylic acids is 2. The lowest BCUT2D eigenvalue weighted by Crippen LogP contribution is -2.18. The van der Waals surface area contributed by atoms with E-state index in [2.05, 4.69) is 20.8 Å². The molecule has 0 amide bonds. The van der Waals surface area contributed by atoms with Gasteiger partial charge in [-0.1, -0.05) is 20.8 Å². The van der Waals surface area contributed by atoms with Crippen molar-refractivity contribution in [3.05, 3.63) is 0 Å². The van der Waals surface area contributed by atoms with E-state index in [0.717, 1.165) is 6.42 Å². The first-order valence-electron chi connectivity index (χ1n) is 4.85. The Labute approximate surface area is 79.7 Å². The van der Waals surface area contributed by atoms with Gasteiger partial charge in [0, 0.05) is 6.42 Å². The summed E-state index contributed by atoms with van der Waals surface area (Å²) in [6.45, 7) is 7.92. The zero-order valence-electron chi connectivity index (χ0n) is 8.89. The van der Waals surface area contributed by atoms with Crippen LogP contribution in [0.1, 0.15) is 40.5 Å². The van der Waals surface area contributed by atoms with Gasteiger partial charge in [-0.3, -0.25) is 9.59 Å². The van der Waals surface area contributed by atoms with Gasteiger partial charge in [-0.2, -0.15) is 0 Å². The monoisotopic (exact) mass is 182 g/mol. The SMILES string of the molecule is CC(=O)C1CC(C(C)(C)C)CC1=O. The third kappa shape index (κ3) is 2.17. The van der Waals surface area contributed by atoms with Gasteiger partial charge in [0.1, 0.15) is 11.6 Å². The van der Waals surface area contributed by atoms with E-state index in [1.54, 1.807) is 0 Å². The fourth-order valence-electron chi connectivity index (χ4n) is 1.94. The molecule has 0 radical (unpaired) electrons. The Morgan fingerprint density at radius 1 is 1.38 bits per heavy atom. The Bertz CT molecular complexity index is 235. The second-order valence-electron chi connectivity index (χ2n) is 5.13. The normalized spacial score (nSPS) is 29.4. The molecule has 1 rings (SSSR count). The molecule has 0 heterocycles. The van der Waals surface area contributed by atoms with Crippen LogP contribution in [0.4, 0.5) is 0 Å². The smallest absolute Gasteiger partial charge is 0.143 e. The van der Waals surface area contributed by atoms with Crippen LogP contribution in [-0.4, -0.2) is 11.6 Å². The van der Waals surface area contributed by atoms with Crippen LogP contribution in [0.25, 0.3) is 0 Å². The lowest BCUT2D eigenvalue weighted by molar-refractivity contribution is -0.129. The number of carbonyl (C=O) groups is 2. The van der Waals surface area contributed by atoms with Gasteiger partial charge >= 0.3 is 0 Å². The highest BCUT2D eigenvalue weighted by Gasteiger charge is 2.40. The molecule has 0 aromatic heterocycles. The summed E-state index contributed by atoms with van der Waals surface area (Å²) < 4.78 is 0. The maximum Gasteiger partial charge on any atom is 0.143 e. The molecule has 2 heteroatoms. The molecule has 0 aromatic carbocycles. The Morgan fingerprint density at radius 3 is 2.15 bits per heavy atom. The summed E-state index contributed by atoms with van der Waals surface area (Å²) >= 11 is 0. The molecule has 2 unspecified atom stereocenters. The summed E-state index contributed by atoms with van der Waals surface area (Å²) in [6.07, 6.45) is 1.35. The molecular formula is C11H18O2. The molecule has 0 N–H and O–H groups in total. The molecule has 1 saturated carbocycles. The predicted octanol–water partition coefficient (Wildman–Crippen LogP) is 2.22. The van der Waals surface area contributed by atoms with Crippen LogP contribution < -0.4 is 0 Å². The first-order valence-corrected chi connectivity index (χ1v) is 4.85. The molecule has 2 nitrogen and oxygen atoms in total. The van der Waals surface area contributed by atoms with Gasteiger partial charge in [0.25, 0.3) is 0 Å². The second kappa shape index (κ2) is 3.24. The molecular weight excluding hydrogens is 164 g/mol. The van der Waals surface area contributed by atoms with E-state index in [1.807, 2.05) is 0 Å². The van der Waals surface area contributed by atoms with Crippen LogP contribution in [-0.2, 0) is 9.59 Å². The maximum atomic E-state index is 11.5. The van der Waals surface area contributed by atoms with Crippen molar-refractivity contribution < 1.29 is 9.59 Å². The molecule has 13 heavy (non-hydrogen) atoms. The zero-order chi connectivity index (χ0) is 10.2. The van der Waals surface area contributed by atoms with Crippen molar-refractivity contribution >= 4 is 11.6 Å². The first-order chi connectivity index (χ1) is 5.82. The quantitative estimate of drug-likeness (QED) is 0.583. The van der Waals surface area contributed by atoms with Gasteiger partial charge in [0.05, 0.1) is 5.92 Å². The molecule has 1 fully saturated rings. The van der Waals surface area contributed by atoms with E-state index < -0.39 is 0 Å². The summed E-state index contributed by atoms with van der Waals surface area (Å²) in [6, 6.07) is 0. The lowest BCUT2D eigenvalue weighted by atomic mass is 9.79. The van der Waals surface area contributed by atoms with Crippen molar-refractivity contribution in [1.82, 2.24) is 0 Å². The van der Waals surface area contributed by atoms with E-state index in [-0.39, 0.29) is 22.9 Å². The standard InChI is InChI=1S/C11H18O2/c1-7(12)9-5-8(6-10(9)13)11(2,3)4/h8-9H,5-6H2,1-4H3. The molecule has 1 aliphatic rings. The van der Waals surface area contributed by atoms with E-state index in [0.29, 0.717) is 12.3 Å². The largest absolute Gasteiger partial charge is 0.299 e. The fourth-order valence-corrected chi connectivity index (χ4v) is 1.94. The van der Waals surface area contributed by atoms with Crippen molar-refractivity contribution in [3.8, 4) is 0 Å². The van der Waals surface area contributed by atoms with E-state index >= 15 is 0 Å². The Hall–Kier alpha value is -0.660. The van der Waals surface area contributed by atoms with Crippen molar-refractivity contribution in [2.24, 2.45) is 17.3 Å². The van der Waals surface area contributed by atoms with Crippen LogP contribution in [0.5, 0.6) is 0 Å². The molecule has 0 aromatic rings. The fraction of sp³-hybridized carbons (Fsp3) is 0.818. The van der Waals surface area contributed by atoms with Crippen LogP contribution in [0, 0.1) is 17.3 Å². The minimum atomic E-state index is -0.302. The second-order valence-corrected chi connectivity index (χ2v) is 5.13. The van der Waals surface area contributed by atoms with E-state index in [9.17, 15) is 9.59 Å². The molecule has 0 aliphatic heterocycles. The van der Waals surface area contributed by atoms with E-state index in [4.69, 9.17) is 0 Å². The van der Waals surface area contributed by atoms with E-state index in [1.165, 1.54) is 6.92 Å². The Kier molecular flexibility index (Phi) is 2.60. The van der Waals surface area contributed by atoms with Gasteiger partial charge in [-0.05, 0) is 24.7 Å². The maximum absolute atomic E-state index is 11.5. The Morgan fingerprint density at radius 2 is 1.92 bits per heavy atom. The van der Waals surface area contributed by atoms with Crippen LogP contribution in [0.2, 0.25) is 0 Å². The summed E-state index contributed by atoms with van der Waals surface area (Å²) in [5, 5.41) is 0. The highest BCUT2D eigenvalue weighted by Crippen LogP contribution is 2.40. The molecule has 2 atom stereocenters. The average molecular weight is 182 g/mol. The molecule has 74 valence electrons. The highest BCUT2D eigenvalue weighted by atomic mass is 16.1. The van der Waals surface area contributed by atoms with Crippen LogP contribution in [0.15, 0.2) is 0 Å². The van der Waals surface area contributed by atoms with Gasteiger partial charge in [0.15, 0.2) is 0 Å². The topological polar surface area (TPSA) is 34.1 Å². The summed E-state index contributed by atoms with van der Waals surface area (Å²) in [5.41, 5.74) is 0.153. The zero-order valence-corrected chi connectivity index (χ0v) is 8.89. The molecule has 0 saturated heterocycles. The van der Waals surface area contributed by atoms with Gasteiger partial charge in [-0.15, -0.1) is 0 Å². The number of rotatable bonds is 1. The predicted molar refractivity (Wildman–Crippen MR) is 51.4 cm³/mol. The summed E-state index contributed by atoms with van der Waals surface area (Å²) in [4.78, 5) is 22.6. The van der Waals surface area contributed by atoms with Gasteiger partial charge in [0.2, 0.25) is 0 Å². The molecule has 0 spiro atoms. The number of ketones is 2. The third-order valence-electron chi connectivity index (χ3n) is 3.07.